The van der Waals surface area contributed by atoms with Gasteiger partial charge in [-0.15, -0.1) is 15.3 Å². The van der Waals surface area contributed by atoms with E-state index in [4.69, 9.17) is 0 Å². The smallest absolute Gasteiger partial charge is 0.178 e. The summed E-state index contributed by atoms with van der Waals surface area (Å²) in [7, 11) is 0. The maximum absolute atomic E-state index is 4.66. The van der Waals surface area contributed by atoms with Crippen molar-refractivity contribution < 1.29 is 0 Å². The average Bonchev–Trinajstić information content (AvgIpc) is 2.96. The molecule has 3 heterocycles. The number of nitrogens with zero attached hydrogens (tertiary/aromatic N) is 6. The fraction of sp³-hybridized carbons (Fsp3) is 0.312. The van der Waals surface area contributed by atoms with Crippen molar-refractivity contribution in [2.24, 2.45) is 0 Å². The number of aryl methyl sites for hydroxylation is 1. The predicted molar refractivity (Wildman–Crippen MR) is 86.4 cm³/mol. The highest BCUT2D eigenvalue weighted by molar-refractivity contribution is 5.50. The van der Waals surface area contributed by atoms with E-state index in [0.29, 0.717) is 0 Å². The molecule has 0 radical (unpaired) electrons. The molecule has 6 heteroatoms. The largest absolute Gasteiger partial charge is 0.368 e. The van der Waals surface area contributed by atoms with Gasteiger partial charge in [-0.1, -0.05) is 18.2 Å². The fourth-order valence-electron chi connectivity index (χ4n) is 2.89. The number of aromatic nitrogens is 4. The first-order chi connectivity index (χ1) is 10.8. The summed E-state index contributed by atoms with van der Waals surface area (Å²) in [6, 6.07) is 14.6. The Hall–Kier alpha value is -2.63. The van der Waals surface area contributed by atoms with Gasteiger partial charge in [-0.3, -0.25) is 0 Å². The Morgan fingerprint density at radius 2 is 1.55 bits per heavy atom. The quantitative estimate of drug-likeness (QED) is 0.721. The highest BCUT2D eigenvalue weighted by atomic mass is 15.4. The Labute approximate surface area is 129 Å². The molecule has 6 nitrogen and oxygen atoms in total. The molecule has 2 aromatic heterocycles. The molecule has 0 aliphatic carbocycles. The number of piperazine rings is 1. The van der Waals surface area contributed by atoms with E-state index in [0.717, 1.165) is 43.5 Å². The number of hydrogen-bond donors (Lipinski definition) is 0. The first-order valence-electron chi connectivity index (χ1n) is 7.55. The number of hydrogen-bond acceptors (Lipinski definition) is 5. The molecule has 1 fully saturated rings. The van der Waals surface area contributed by atoms with E-state index in [2.05, 4.69) is 55.4 Å². The summed E-state index contributed by atoms with van der Waals surface area (Å²) in [6.07, 6.45) is 0. The molecule has 0 bridgehead atoms. The summed E-state index contributed by atoms with van der Waals surface area (Å²) in [5.74, 6) is 1.81. The van der Waals surface area contributed by atoms with Gasteiger partial charge in [0.2, 0.25) is 0 Å². The molecule has 112 valence electrons. The van der Waals surface area contributed by atoms with Gasteiger partial charge in [0.05, 0.1) is 0 Å². The van der Waals surface area contributed by atoms with Gasteiger partial charge < -0.3 is 9.80 Å². The molecule has 1 saturated heterocycles. The molecule has 0 amide bonds. The third kappa shape index (κ3) is 2.26. The van der Waals surface area contributed by atoms with Crippen LogP contribution in [0.5, 0.6) is 0 Å². The van der Waals surface area contributed by atoms with Crippen molar-refractivity contribution in [3.63, 3.8) is 0 Å². The monoisotopic (exact) mass is 294 g/mol. The van der Waals surface area contributed by atoms with E-state index in [9.17, 15) is 0 Å². The van der Waals surface area contributed by atoms with E-state index in [1.165, 1.54) is 5.69 Å². The van der Waals surface area contributed by atoms with Crippen LogP contribution in [0.3, 0.4) is 0 Å². The van der Waals surface area contributed by atoms with Crippen molar-refractivity contribution in [3.8, 4) is 0 Å². The van der Waals surface area contributed by atoms with Crippen molar-refractivity contribution in [3.05, 3.63) is 48.3 Å². The molecule has 22 heavy (non-hydrogen) atoms. The van der Waals surface area contributed by atoms with E-state index in [1.807, 2.05) is 19.1 Å². The number of rotatable bonds is 2. The highest BCUT2D eigenvalue weighted by Gasteiger charge is 2.19. The molecule has 3 aromatic rings. The van der Waals surface area contributed by atoms with Crippen molar-refractivity contribution in [1.29, 1.82) is 0 Å². The second-order valence-corrected chi connectivity index (χ2v) is 5.52. The van der Waals surface area contributed by atoms with E-state index >= 15 is 0 Å². The molecule has 0 N–H and O–H groups in total. The predicted octanol–water partition coefficient (Wildman–Crippen LogP) is 1.76. The summed E-state index contributed by atoms with van der Waals surface area (Å²) in [6.45, 7) is 5.86. The number of benzene rings is 1. The Bertz CT molecular complexity index is 774. The Morgan fingerprint density at radius 1 is 0.818 bits per heavy atom. The van der Waals surface area contributed by atoms with Crippen LogP contribution in [0, 0.1) is 6.92 Å². The SMILES string of the molecule is Cc1nnc2ccc(N3CCN(c4ccccc4)CC3)nn12. The number of fused-ring (bicyclic) bond motifs is 1. The number of anilines is 2. The zero-order valence-corrected chi connectivity index (χ0v) is 12.6. The third-order valence-corrected chi connectivity index (χ3v) is 4.13. The second-order valence-electron chi connectivity index (χ2n) is 5.52. The molecule has 1 aliphatic rings. The van der Waals surface area contributed by atoms with Crippen molar-refractivity contribution in [2.75, 3.05) is 36.0 Å². The second kappa shape index (κ2) is 5.29. The molecule has 0 unspecified atom stereocenters. The number of para-hydroxylation sites is 1. The first-order valence-corrected chi connectivity index (χ1v) is 7.55. The lowest BCUT2D eigenvalue weighted by molar-refractivity contribution is 0.640. The minimum absolute atomic E-state index is 0.796. The maximum Gasteiger partial charge on any atom is 0.178 e. The molecule has 0 spiro atoms. The van der Waals surface area contributed by atoms with Crippen LogP contribution in [0.1, 0.15) is 5.82 Å². The standard InChI is InChI=1S/C16H18N6/c1-13-17-18-15-7-8-16(19-22(13)15)21-11-9-20(10-12-21)14-5-3-2-4-6-14/h2-8H,9-12H2,1H3. The van der Waals surface area contributed by atoms with Crippen LogP contribution in [-0.2, 0) is 0 Å². The fourth-order valence-corrected chi connectivity index (χ4v) is 2.89. The van der Waals surface area contributed by atoms with Crippen LogP contribution in [-0.4, -0.2) is 46.0 Å². The minimum atomic E-state index is 0.796. The zero-order valence-electron chi connectivity index (χ0n) is 12.6. The Morgan fingerprint density at radius 3 is 2.32 bits per heavy atom. The third-order valence-electron chi connectivity index (χ3n) is 4.13. The van der Waals surface area contributed by atoms with Gasteiger partial charge in [0.25, 0.3) is 0 Å². The zero-order chi connectivity index (χ0) is 14.9. The molecule has 4 rings (SSSR count). The van der Waals surface area contributed by atoms with Crippen molar-refractivity contribution >= 4 is 17.2 Å². The van der Waals surface area contributed by atoms with E-state index in [1.54, 1.807) is 4.52 Å². The first kappa shape index (κ1) is 13.1. The summed E-state index contributed by atoms with van der Waals surface area (Å²) < 4.78 is 1.80. The topological polar surface area (TPSA) is 49.6 Å². The Kier molecular flexibility index (Phi) is 3.14. The molecule has 1 aromatic carbocycles. The average molecular weight is 294 g/mol. The molecular formula is C16H18N6. The Balaban J connectivity index is 1.51. The van der Waals surface area contributed by atoms with Gasteiger partial charge in [0.15, 0.2) is 11.5 Å². The van der Waals surface area contributed by atoms with Gasteiger partial charge in [0.1, 0.15) is 5.82 Å². The van der Waals surface area contributed by atoms with Crippen LogP contribution < -0.4 is 9.80 Å². The lowest BCUT2D eigenvalue weighted by Crippen LogP contribution is -2.47. The molecule has 0 saturated carbocycles. The summed E-state index contributed by atoms with van der Waals surface area (Å²) >= 11 is 0. The van der Waals surface area contributed by atoms with Gasteiger partial charge in [-0.2, -0.15) is 4.52 Å². The van der Waals surface area contributed by atoms with Crippen LogP contribution >= 0.6 is 0 Å². The van der Waals surface area contributed by atoms with Crippen LogP contribution in [0.4, 0.5) is 11.5 Å². The van der Waals surface area contributed by atoms with Crippen molar-refractivity contribution in [2.45, 2.75) is 6.92 Å². The normalized spacial score (nSPS) is 15.5. The van der Waals surface area contributed by atoms with Crippen LogP contribution in [0.15, 0.2) is 42.5 Å². The highest BCUT2D eigenvalue weighted by Crippen LogP contribution is 2.19. The lowest BCUT2D eigenvalue weighted by Gasteiger charge is -2.36. The van der Waals surface area contributed by atoms with E-state index < -0.39 is 0 Å². The lowest BCUT2D eigenvalue weighted by atomic mass is 10.2. The molecule has 0 atom stereocenters. The molecular weight excluding hydrogens is 276 g/mol. The summed E-state index contributed by atoms with van der Waals surface area (Å²) in [5.41, 5.74) is 2.09. The van der Waals surface area contributed by atoms with Gasteiger partial charge >= 0.3 is 0 Å². The van der Waals surface area contributed by atoms with Gasteiger partial charge in [-0.25, -0.2) is 0 Å². The van der Waals surface area contributed by atoms with Crippen molar-refractivity contribution in [1.82, 2.24) is 19.8 Å². The van der Waals surface area contributed by atoms with Crippen LogP contribution in [0.25, 0.3) is 5.65 Å². The van der Waals surface area contributed by atoms with Crippen LogP contribution in [0.2, 0.25) is 0 Å². The summed E-state index contributed by atoms with van der Waals surface area (Å²) in [4.78, 5) is 4.73. The molecule has 1 aliphatic heterocycles. The van der Waals surface area contributed by atoms with Gasteiger partial charge in [-0.05, 0) is 31.2 Å². The minimum Gasteiger partial charge on any atom is -0.368 e. The van der Waals surface area contributed by atoms with E-state index in [-0.39, 0.29) is 0 Å². The maximum atomic E-state index is 4.66. The van der Waals surface area contributed by atoms with Gasteiger partial charge in [0, 0.05) is 31.9 Å². The summed E-state index contributed by atoms with van der Waals surface area (Å²) in [5, 5.41) is 12.8.